The van der Waals surface area contributed by atoms with Crippen molar-refractivity contribution < 1.29 is 5.11 Å². The lowest BCUT2D eigenvalue weighted by Gasteiger charge is -2.09. The maximum Gasteiger partial charge on any atom is 0.259 e. The van der Waals surface area contributed by atoms with Crippen molar-refractivity contribution in [3.8, 4) is 11.1 Å². The number of nitrogens with zero attached hydrogens (tertiary/aromatic N) is 2. The molecular weight excluding hydrogens is 266 g/mol. The van der Waals surface area contributed by atoms with Crippen LogP contribution >= 0.6 is 0 Å². The van der Waals surface area contributed by atoms with E-state index in [-0.39, 0.29) is 6.10 Å². The van der Waals surface area contributed by atoms with E-state index < -0.39 is 0 Å². The molecule has 0 aliphatic rings. The summed E-state index contributed by atoms with van der Waals surface area (Å²) in [4.78, 5) is 3.32. The van der Waals surface area contributed by atoms with Crippen LogP contribution in [0.1, 0.15) is 13.8 Å². The predicted octanol–water partition coefficient (Wildman–Crippen LogP) is 2.17. The Labute approximate surface area is 124 Å². The molecule has 1 atom stereocenters. The molecule has 0 saturated heterocycles. The van der Waals surface area contributed by atoms with Crippen molar-refractivity contribution in [3.63, 3.8) is 0 Å². The summed E-state index contributed by atoms with van der Waals surface area (Å²) in [6, 6.07) is 9.51. The van der Waals surface area contributed by atoms with Gasteiger partial charge in [-0.3, -0.25) is 0 Å². The molecule has 6 nitrogen and oxygen atoms in total. The minimum atomic E-state index is -0.319. The Bertz CT molecular complexity index is 586. The van der Waals surface area contributed by atoms with Gasteiger partial charge in [-0.25, -0.2) is 5.10 Å². The van der Waals surface area contributed by atoms with Crippen LogP contribution in [0, 0.1) is 12.5 Å². The van der Waals surface area contributed by atoms with Crippen LogP contribution < -0.4 is 11.5 Å². The van der Waals surface area contributed by atoms with Gasteiger partial charge in [-0.15, -0.1) is 0 Å². The van der Waals surface area contributed by atoms with Gasteiger partial charge in [0.25, 0.3) is 5.82 Å². The number of H-pyrrole nitrogens is 1. The Morgan fingerprint density at radius 3 is 2.38 bits per heavy atom. The predicted molar refractivity (Wildman–Crippen MR) is 84.6 cm³/mol. The summed E-state index contributed by atoms with van der Waals surface area (Å²) >= 11 is 0. The van der Waals surface area contributed by atoms with Crippen LogP contribution in [0.3, 0.4) is 0 Å². The second kappa shape index (κ2) is 8.04. The Morgan fingerprint density at radius 2 is 1.95 bits per heavy atom. The van der Waals surface area contributed by atoms with Crippen molar-refractivity contribution in [3.05, 3.63) is 41.7 Å². The van der Waals surface area contributed by atoms with E-state index in [0.29, 0.717) is 29.7 Å². The van der Waals surface area contributed by atoms with E-state index >= 15 is 0 Å². The zero-order chi connectivity index (χ0) is 15.8. The molecular formula is C15H21N5O. The van der Waals surface area contributed by atoms with Crippen molar-refractivity contribution >= 4 is 11.6 Å². The third-order valence-corrected chi connectivity index (χ3v) is 2.96. The summed E-state index contributed by atoms with van der Waals surface area (Å²) in [5.74, 6) is 1.04. The summed E-state index contributed by atoms with van der Waals surface area (Å²) in [5, 5.41) is 15.2. The molecule has 2 aromatic rings. The van der Waals surface area contributed by atoms with Crippen LogP contribution in [0.5, 0.6) is 0 Å². The molecule has 1 aromatic heterocycles. The highest BCUT2D eigenvalue weighted by Gasteiger charge is 2.11. The zero-order valence-electron chi connectivity index (χ0n) is 12.2. The second-order valence-electron chi connectivity index (χ2n) is 4.86. The van der Waals surface area contributed by atoms with Crippen LogP contribution in [0.15, 0.2) is 30.3 Å². The molecule has 0 aliphatic carbocycles. The highest BCUT2D eigenvalue weighted by atomic mass is 16.3. The largest absolute Gasteiger partial charge is 0.392 e. The first-order valence-corrected chi connectivity index (χ1v) is 6.66. The first-order valence-electron chi connectivity index (χ1n) is 6.66. The van der Waals surface area contributed by atoms with E-state index in [2.05, 4.69) is 15.0 Å². The minimum Gasteiger partial charge on any atom is -0.392 e. The summed E-state index contributed by atoms with van der Waals surface area (Å²) in [6.07, 6.45) is -0.319. The van der Waals surface area contributed by atoms with Gasteiger partial charge in [0.15, 0.2) is 5.82 Å². The van der Waals surface area contributed by atoms with Gasteiger partial charge in [-0.05, 0) is 11.5 Å². The SMILES string of the molecule is CC(C)C(O)CN.[C-]#[N+]c1[nH]nc(N)c1-c1ccccc1. The van der Waals surface area contributed by atoms with Crippen molar-refractivity contribution in [2.24, 2.45) is 11.7 Å². The van der Waals surface area contributed by atoms with E-state index in [1.165, 1.54) is 0 Å². The van der Waals surface area contributed by atoms with Gasteiger partial charge in [0.2, 0.25) is 0 Å². The molecule has 0 bridgehead atoms. The van der Waals surface area contributed by atoms with Crippen molar-refractivity contribution in [2.45, 2.75) is 20.0 Å². The van der Waals surface area contributed by atoms with Crippen LogP contribution in [0.4, 0.5) is 11.6 Å². The van der Waals surface area contributed by atoms with Crippen molar-refractivity contribution in [1.82, 2.24) is 10.2 Å². The van der Waals surface area contributed by atoms with E-state index in [4.69, 9.17) is 23.1 Å². The third kappa shape index (κ3) is 4.60. The lowest BCUT2D eigenvalue weighted by molar-refractivity contribution is 0.133. The normalized spacial score (nSPS) is 11.4. The summed E-state index contributed by atoms with van der Waals surface area (Å²) in [5.41, 5.74) is 12.4. The smallest absolute Gasteiger partial charge is 0.259 e. The fraction of sp³-hybridized carbons (Fsp3) is 0.333. The number of rotatable bonds is 3. The van der Waals surface area contributed by atoms with Gasteiger partial charge in [0.05, 0.1) is 11.7 Å². The van der Waals surface area contributed by atoms with Crippen LogP contribution in [0.25, 0.3) is 16.0 Å². The van der Waals surface area contributed by atoms with E-state index in [9.17, 15) is 0 Å². The number of aliphatic hydroxyl groups excluding tert-OH is 1. The summed E-state index contributed by atoms with van der Waals surface area (Å²) in [7, 11) is 0. The maximum atomic E-state index is 8.81. The molecule has 6 N–H and O–H groups in total. The highest BCUT2D eigenvalue weighted by Crippen LogP contribution is 2.32. The Morgan fingerprint density at radius 1 is 1.33 bits per heavy atom. The Balaban J connectivity index is 0.000000270. The van der Waals surface area contributed by atoms with E-state index in [0.717, 1.165) is 5.56 Å². The fourth-order valence-electron chi connectivity index (χ4n) is 1.59. The van der Waals surface area contributed by atoms with Gasteiger partial charge in [-0.1, -0.05) is 55.9 Å². The quantitative estimate of drug-likeness (QED) is 0.649. The number of hydrogen-bond acceptors (Lipinski definition) is 4. The van der Waals surface area contributed by atoms with Gasteiger partial charge < -0.3 is 21.4 Å². The summed E-state index contributed by atoms with van der Waals surface area (Å²) in [6.45, 7) is 11.2. The van der Waals surface area contributed by atoms with E-state index in [1.54, 1.807) is 0 Å². The molecule has 0 saturated carbocycles. The fourth-order valence-corrected chi connectivity index (χ4v) is 1.59. The number of aromatic nitrogens is 2. The van der Waals surface area contributed by atoms with Gasteiger partial charge in [-0.2, -0.15) is 0 Å². The van der Waals surface area contributed by atoms with Crippen LogP contribution in [-0.4, -0.2) is 28.0 Å². The monoisotopic (exact) mass is 287 g/mol. The number of nitrogen functional groups attached to an aromatic ring is 1. The lowest BCUT2D eigenvalue weighted by Crippen LogP contribution is -2.24. The van der Waals surface area contributed by atoms with Crippen molar-refractivity contribution in [1.29, 1.82) is 0 Å². The van der Waals surface area contributed by atoms with Gasteiger partial charge in [0, 0.05) is 6.54 Å². The first kappa shape index (κ1) is 16.7. The molecule has 1 aromatic carbocycles. The number of benzene rings is 1. The third-order valence-electron chi connectivity index (χ3n) is 2.96. The van der Waals surface area contributed by atoms with Crippen LogP contribution in [-0.2, 0) is 0 Å². The van der Waals surface area contributed by atoms with Crippen LogP contribution in [0.2, 0.25) is 0 Å². The molecule has 0 spiro atoms. The first-order chi connectivity index (χ1) is 10.0. The molecule has 1 heterocycles. The van der Waals surface area contributed by atoms with Gasteiger partial charge in [0.1, 0.15) is 0 Å². The average Bonchev–Trinajstić information content (AvgIpc) is 2.88. The molecule has 21 heavy (non-hydrogen) atoms. The topological polar surface area (TPSA) is 105 Å². The van der Waals surface area contributed by atoms with E-state index in [1.807, 2.05) is 44.2 Å². The Hall–Kier alpha value is -2.36. The number of nitrogens with one attached hydrogen (secondary N) is 1. The average molecular weight is 287 g/mol. The summed E-state index contributed by atoms with van der Waals surface area (Å²) < 4.78 is 0. The molecule has 0 amide bonds. The lowest BCUT2D eigenvalue weighted by atomic mass is 10.1. The number of anilines is 1. The standard InChI is InChI=1S/C10H8N4.C5H13NO/c1-12-10-8(9(11)13-14-10)7-5-3-2-4-6-7;1-4(2)5(7)3-6/h2-6H,(H3,11,13,14);4-5,7H,3,6H2,1-2H3. The van der Waals surface area contributed by atoms with Crippen molar-refractivity contribution in [2.75, 3.05) is 12.3 Å². The molecule has 0 radical (unpaired) electrons. The minimum absolute atomic E-state index is 0.296. The second-order valence-corrected chi connectivity index (χ2v) is 4.86. The highest BCUT2D eigenvalue weighted by molar-refractivity contribution is 5.84. The van der Waals surface area contributed by atoms with Gasteiger partial charge >= 0.3 is 0 Å². The zero-order valence-corrected chi connectivity index (χ0v) is 12.2. The molecule has 112 valence electrons. The molecule has 0 aliphatic heterocycles. The number of hydrogen-bond donors (Lipinski definition) is 4. The number of nitrogens with two attached hydrogens (primary N) is 2. The molecule has 6 heteroatoms. The molecule has 2 rings (SSSR count). The Kier molecular flexibility index (Phi) is 6.40. The maximum absolute atomic E-state index is 8.81. The number of aliphatic hydroxyl groups is 1. The molecule has 0 fully saturated rings. The molecule has 1 unspecified atom stereocenters. The number of aromatic amines is 1.